The first-order valence-corrected chi connectivity index (χ1v) is 9.78. The molecule has 3 N–H and O–H groups in total. The van der Waals surface area contributed by atoms with Gasteiger partial charge in [0.15, 0.2) is 5.96 Å². The van der Waals surface area contributed by atoms with Gasteiger partial charge in [-0.3, -0.25) is 14.7 Å². The van der Waals surface area contributed by atoms with Crippen molar-refractivity contribution in [2.45, 2.75) is 18.9 Å². The van der Waals surface area contributed by atoms with Gasteiger partial charge in [0.05, 0.1) is 18.8 Å². The van der Waals surface area contributed by atoms with Crippen molar-refractivity contribution in [3.63, 3.8) is 0 Å². The van der Waals surface area contributed by atoms with E-state index in [0.717, 1.165) is 24.4 Å². The number of amides is 1. The molecule has 1 aromatic carbocycles. The lowest BCUT2D eigenvalue weighted by atomic mass is 10.2. The number of anilines is 1. The molecule has 1 aliphatic heterocycles. The maximum atomic E-state index is 12.2. The van der Waals surface area contributed by atoms with Crippen LogP contribution in [0.25, 0.3) is 0 Å². The summed E-state index contributed by atoms with van der Waals surface area (Å²) >= 11 is 0. The third-order valence-corrected chi connectivity index (χ3v) is 4.87. The molecular formula is C22H28IN5O2. The molecule has 3 rings (SSSR count). The van der Waals surface area contributed by atoms with Crippen LogP contribution in [0.2, 0.25) is 0 Å². The van der Waals surface area contributed by atoms with Crippen molar-refractivity contribution >= 4 is 41.5 Å². The monoisotopic (exact) mass is 521 g/mol. The predicted octanol–water partition coefficient (Wildman–Crippen LogP) is 2.82. The highest BCUT2D eigenvalue weighted by atomic mass is 127. The fraction of sp³-hybridized carbons (Fsp3) is 0.364. The molecule has 0 aliphatic carbocycles. The van der Waals surface area contributed by atoms with Gasteiger partial charge in [-0.05, 0) is 56.3 Å². The van der Waals surface area contributed by atoms with E-state index in [1.54, 1.807) is 25.4 Å². The molecule has 7 nitrogen and oxygen atoms in total. The van der Waals surface area contributed by atoms with Crippen LogP contribution in [0.15, 0.2) is 52.1 Å². The lowest BCUT2D eigenvalue weighted by molar-refractivity contribution is -0.115. The number of aliphatic imine (C=N–C) groups is 1. The van der Waals surface area contributed by atoms with Crippen LogP contribution in [-0.4, -0.2) is 50.0 Å². The maximum Gasteiger partial charge on any atom is 0.243 e. The summed E-state index contributed by atoms with van der Waals surface area (Å²) in [4.78, 5) is 18.9. The van der Waals surface area contributed by atoms with Gasteiger partial charge in [-0.15, -0.1) is 30.4 Å². The Labute approximate surface area is 194 Å². The van der Waals surface area contributed by atoms with E-state index < -0.39 is 0 Å². The van der Waals surface area contributed by atoms with Crippen LogP contribution in [0.3, 0.4) is 0 Å². The lowest BCUT2D eigenvalue weighted by Crippen LogP contribution is -2.44. The summed E-state index contributed by atoms with van der Waals surface area (Å²) in [6.07, 6.45) is 9.49. The Morgan fingerprint density at radius 2 is 2.07 bits per heavy atom. The molecule has 1 atom stereocenters. The minimum Gasteiger partial charge on any atom is -0.468 e. The number of carbonyl (C=O) groups is 1. The molecule has 2 heterocycles. The van der Waals surface area contributed by atoms with Crippen molar-refractivity contribution in [3.8, 4) is 12.3 Å². The number of hydrogen-bond acceptors (Lipinski definition) is 4. The van der Waals surface area contributed by atoms with Gasteiger partial charge in [-0.2, -0.15) is 0 Å². The molecule has 1 saturated heterocycles. The molecule has 1 aromatic heterocycles. The third-order valence-electron chi connectivity index (χ3n) is 4.87. The van der Waals surface area contributed by atoms with Crippen LogP contribution in [0.5, 0.6) is 0 Å². The number of nitrogens with one attached hydrogen (secondary N) is 3. The zero-order valence-electron chi connectivity index (χ0n) is 17.1. The normalized spacial score (nSPS) is 15.0. The van der Waals surface area contributed by atoms with Crippen molar-refractivity contribution in [3.05, 3.63) is 54.0 Å². The molecule has 1 fully saturated rings. The first kappa shape index (κ1) is 23.8. The van der Waals surface area contributed by atoms with Crippen molar-refractivity contribution in [2.75, 3.05) is 38.5 Å². The summed E-state index contributed by atoms with van der Waals surface area (Å²) < 4.78 is 5.64. The van der Waals surface area contributed by atoms with E-state index in [1.165, 1.54) is 12.8 Å². The summed E-state index contributed by atoms with van der Waals surface area (Å²) in [6, 6.07) is 11.2. The van der Waals surface area contributed by atoms with Gasteiger partial charge in [0.1, 0.15) is 5.76 Å². The second kappa shape index (κ2) is 12.2. The van der Waals surface area contributed by atoms with Gasteiger partial charge in [-0.25, -0.2) is 0 Å². The van der Waals surface area contributed by atoms with Gasteiger partial charge < -0.3 is 20.4 Å². The van der Waals surface area contributed by atoms with Crippen molar-refractivity contribution in [1.29, 1.82) is 0 Å². The molecule has 160 valence electrons. The molecule has 0 bridgehead atoms. The largest absolute Gasteiger partial charge is 0.468 e. The molecule has 0 saturated carbocycles. The highest BCUT2D eigenvalue weighted by Gasteiger charge is 2.25. The Morgan fingerprint density at radius 1 is 1.27 bits per heavy atom. The Morgan fingerprint density at radius 3 is 2.73 bits per heavy atom. The third kappa shape index (κ3) is 6.78. The summed E-state index contributed by atoms with van der Waals surface area (Å²) in [7, 11) is 1.68. The molecule has 0 spiro atoms. The second-order valence-electron chi connectivity index (χ2n) is 6.85. The number of furan rings is 1. The van der Waals surface area contributed by atoms with E-state index in [9.17, 15) is 4.79 Å². The van der Waals surface area contributed by atoms with Crippen LogP contribution in [0.1, 0.15) is 30.2 Å². The van der Waals surface area contributed by atoms with E-state index in [0.29, 0.717) is 18.2 Å². The fourth-order valence-electron chi connectivity index (χ4n) is 3.41. The Kier molecular flexibility index (Phi) is 9.70. The number of nitrogens with zero attached hydrogens (tertiary/aromatic N) is 2. The molecule has 1 amide bonds. The van der Waals surface area contributed by atoms with Crippen molar-refractivity contribution in [2.24, 2.45) is 4.99 Å². The number of hydrogen-bond donors (Lipinski definition) is 3. The highest BCUT2D eigenvalue weighted by Crippen LogP contribution is 2.24. The van der Waals surface area contributed by atoms with E-state index in [2.05, 4.69) is 31.8 Å². The predicted molar refractivity (Wildman–Crippen MR) is 130 cm³/mol. The topological polar surface area (TPSA) is 81.9 Å². The van der Waals surface area contributed by atoms with Crippen LogP contribution in [0, 0.1) is 12.3 Å². The lowest BCUT2D eigenvalue weighted by Gasteiger charge is -2.26. The van der Waals surface area contributed by atoms with E-state index in [1.807, 2.05) is 24.3 Å². The number of likely N-dealkylation sites (tertiary alicyclic amines) is 1. The van der Waals surface area contributed by atoms with E-state index in [-0.39, 0.29) is 42.5 Å². The van der Waals surface area contributed by atoms with Crippen LogP contribution in [-0.2, 0) is 4.79 Å². The first-order chi connectivity index (χ1) is 14.2. The van der Waals surface area contributed by atoms with Gasteiger partial charge in [0.25, 0.3) is 0 Å². The molecular weight excluding hydrogens is 493 g/mol. The Hall–Kier alpha value is -2.51. The smallest absolute Gasteiger partial charge is 0.243 e. The van der Waals surface area contributed by atoms with Crippen molar-refractivity contribution < 1.29 is 9.21 Å². The molecule has 30 heavy (non-hydrogen) atoms. The highest BCUT2D eigenvalue weighted by molar-refractivity contribution is 14.0. The fourth-order valence-corrected chi connectivity index (χ4v) is 3.41. The van der Waals surface area contributed by atoms with E-state index >= 15 is 0 Å². The zero-order valence-corrected chi connectivity index (χ0v) is 19.4. The SMILES string of the molecule is C#Cc1cccc(NC(=O)CNC(=NC)NCC(c2ccco2)N2CCCC2)c1.I. The van der Waals surface area contributed by atoms with Crippen molar-refractivity contribution in [1.82, 2.24) is 15.5 Å². The molecule has 0 radical (unpaired) electrons. The number of carbonyl (C=O) groups excluding carboxylic acids is 1. The van der Waals surface area contributed by atoms with Crippen LogP contribution < -0.4 is 16.0 Å². The molecule has 8 heteroatoms. The van der Waals surface area contributed by atoms with Crippen LogP contribution in [0.4, 0.5) is 5.69 Å². The van der Waals surface area contributed by atoms with E-state index in [4.69, 9.17) is 10.8 Å². The number of benzene rings is 1. The number of guanidine groups is 1. The summed E-state index contributed by atoms with van der Waals surface area (Å²) in [6.45, 7) is 2.84. The summed E-state index contributed by atoms with van der Waals surface area (Å²) in [5, 5.41) is 9.17. The molecule has 1 aliphatic rings. The average Bonchev–Trinajstić information content (AvgIpc) is 3.45. The maximum absolute atomic E-state index is 12.2. The zero-order chi connectivity index (χ0) is 20.5. The molecule has 2 aromatic rings. The van der Waals surface area contributed by atoms with Gasteiger partial charge in [0.2, 0.25) is 5.91 Å². The van der Waals surface area contributed by atoms with Gasteiger partial charge >= 0.3 is 0 Å². The standard InChI is InChI=1S/C22H27N5O2.HI/c1-3-17-8-6-9-18(14-17)26-21(28)16-25-22(23-2)24-15-19(20-10-7-13-29-20)27-11-4-5-12-27;/h1,6-10,13-14,19H,4-5,11-12,15-16H2,2H3,(H,26,28)(H2,23,24,25);1H. The van der Waals surface area contributed by atoms with Crippen LogP contribution >= 0.6 is 24.0 Å². The van der Waals surface area contributed by atoms with Gasteiger partial charge in [-0.1, -0.05) is 12.0 Å². The minimum atomic E-state index is -0.177. The van der Waals surface area contributed by atoms with Gasteiger partial charge in [0, 0.05) is 24.8 Å². The quantitative estimate of drug-likeness (QED) is 0.226. The number of halogens is 1. The minimum absolute atomic E-state index is 0. The number of terminal acetylenes is 1. The summed E-state index contributed by atoms with van der Waals surface area (Å²) in [5.74, 6) is 3.87. The second-order valence-corrected chi connectivity index (χ2v) is 6.85. The Balaban J connectivity index is 0.00000320. The Bertz CT molecular complexity index is 870. The number of rotatable bonds is 7. The summed E-state index contributed by atoms with van der Waals surface area (Å²) in [5.41, 5.74) is 1.39. The average molecular weight is 521 g/mol. The molecule has 1 unspecified atom stereocenters. The first-order valence-electron chi connectivity index (χ1n) is 9.78.